The van der Waals surface area contributed by atoms with E-state index in [9.17, 15) is 17.6 Å². The van der Waals surface area contributed by atoms with Crippen LogP contribution < -0.4 is 5.32 Å². The largest absolute Gasteiger partial charge is 0.349 e. The van der Waals surface area contributed by atoms with Crippen molar-refractivity contribution in [3.8, 4) is 0 Å². The normalized spacial score (nSPS) is 20.1. The third-order valence-corrected chi connectivity index (χ3v) is 7.11. The maximum absolute atomic E-state index is 14.0. The predicted octanol–water partition coefficient (Wildman–Crippen LogP) is 0.621. The van der Waals surface area contributed by atoms with Crippen LogP contribution in [0.25, 0.3) is 0 Å². The van der Waals surface area contributed by atoms with Gasteiger partial charge in [-0.25, -0.2) is 22.5 Å². The van der Waals surface area contributed by atoms with Crippen LogP contribution in [0.1, 0.15) is 24.5 Å². The summed E-state index contributed by atoms with van der Waals surface area (Å²) in [6.07, 6.45) is 1.35. The quantitative estimate of drug-likeness (QED) is 0.807. The second kappa shape index (κ2) is 6.38. The number of halogens is 1. The summed E-state index contributed by atoms with van der Waals surface area (Å²) >= 11 is 0. The van der Waals surface area contributed by atoms with Gasteiger partial charge in [-0.3, -0.25) is 4.79 Å². The number of hydrogen-bond donors (Lipinski definition) is 1. The molecule has 1 spiro atoms. The van der Waals surface area contributed by atoms with Crippen LogP contribution in [-0.4, -0.2) is 52.0 Å². The van der Waals surface area contributed by atoms with Crippen molar-refractivity contribution in [3.05, 3.63) is 41.7 Å². The zero-order valence-corrected chi connectivity index (χ0v) is 15.7. The molecule has 1 aromatic carbocycles. The molecule has 10 heteroatoms. The molecule has 27 heavy (non-hydrogen) atoms. The van der Waals surface area contributed by atoms with Gasteiger partial charge in [0.15, 0.2) is 0 Å². The number of carbonyl (C=O) groups excluding carboxylic acids is 1. The van der Waals surface area contributed by atoms with Gasteiger partial charge in [-0.15, -0.1) is 0 Å². The van der Waals surface area contributed by atoms with E-state index < -0.39 is 21.4 Å². The number of piperidine rings is 1. The van der Waals surface area contributed by atoms with Gasteiger partial charge < -0.3 is 5.32 Å². The zero-order chi connectivity index (χ0) is 19.2. The maximum atomic E-state index is 14.0. The summed E-state index contributed by atoms with van der Waals surface area (Å²) in [6.45, 7) is 2.28. The number of amides is 1. The lowest BCUT2D eigenvalue weighted by atomic mass is 9.85. The van der Waals surface area contributed by atoms with Crippen molar-refractivity contribution in [2.75, 3.05) is 13.1 Å². The predicted molar refractivity (Wildman–Crippen MR) is 93.7 cm³/mol. The highest BCUT2D eigenvalue weighted by Crippen LogP contribution is 2.31. The number of aryl methyl sites for hydroxylation is 1. The number of benzene rings is 1. The molecule has 8 nitrogen and oxygen atoms in total. The summed E-state index contributed by atoms with van der Waals surface area (Å²) in [7, 11) is -3.91. The van der Waals surface area contributed by atoms with Crippen LogP contribution in [0.5, 0.6) is 0 Å². The Hall–Kier alpha value is -2.33. The Bertz CT molecular complexity index is 996. The lowest BCUT2D eigenvalue weighted by Crippen LogP contribution is -2.56. The van der Waals surface area contributed by atoms with Gasteiger partial charge in [0.1, 0.15) is 28.9 Å². The third kappa shape index (κ3) is 3.23. The Labute approximate surface area is 156 Å². The summed E-state index contributed by atoms with van der Waals surface area (Å²) in [5, 5.41) is 7.27. The average molecular weight is 393 g/mol. The van der Waals surface area contributed by atoms with E-state index in [2.05, 4.69) is 15.4 Å². The minimum Gasteiger partial charge on any atom is -0.349 e. The summed E-state index contributed by atoms with van der Waals surface area (Å²) in [5.74, 6) is 0.402. The number of rotatable bonds is 2. The van der Waals surface area contributed by atoms with E-state index in [1.165, 1.54) is 22.5 Å². The molecule has 2 aliphatic rings. The molecular weight excluding hydrogens is 373 g/mol. The summed E-state index contributed by atoms with van der Waals surface area (Å²) in [5.41, 5.74) is -0.563. The van der Waals surface area contributed by atoms with Gasteiger partial charge in [-0.1, -0.05) is 12.1 Å². The van der Waals surface area contributed by atoms with E-state index in [-0.39, 0.29) is 30.4 Å². The van der Waals surface area contributed by atoms with Crippen LogP contribution in [0, 0.1) is 12.7 Å². The van der Waals surface area contributed by atoms with E-state index in [1.54, 1.807) is 11.6 Å². The van der Waals surface area contributed by atoms with E-state index in [0.29, 0.717) is 25.1 Å². The lowest BCUT2D eigenvalue weighted by molar-refractivity contribution is -0.123. The Morgan fingerprint density at radius 1 is 1.22 bits per heavy atom. The number of carbonyl (C=O) groups is 1. The highest BCUT2D eigenvalue weighted by atomic mass is 32.2. The molecule has 0 saturated carbocycles. The molecule has 0 radical (unpaired) electrons. The number of aromatic nitrogens is 3. The van der Waals surface area contributed by atoms with Crippen molar-refractivity contribution in [3.63, 3.8) is 0 Å². The number of fused-ring (bicyclic) bond motifs is 1. The Morgan fingerprint density at radius 3 is 2.63 bits per heavy atom. The monoisotopic (exact) mass is 393 g/mol. The summed E-state index contributed by atoms with van der Waals surface area (Å²) in [6, 6.07) is 5.37. The first-order valence-electron chi connectivity index (χ1n) is 8.75. The second-order valence-electron chi connectivity index (χ2n) is 7.07. The first-order valence-corrected chi connectivity index (χ1v) is 10.2. The van der Waals surface area contributed by atoms with Crippen LogP contribution in [0.2, 0.25) is 0 Å². The van der Waals surface area contributed by atoms with Crippen LogP contribution in [0.4, 0.5) is 4.39 Å². The highest BCUT2D eigenvalue weighted by molar-refractivity contribution is 7.89. The van der Waals surface area contributed by atoms with Crippen LogP contribution in [-0.2, 0) is 27.8 Å². The molecule has 0 unspecified atom stereocenters. The fourth-order valence-electron chi connectivity index (χ4n) is 3.82. The van der Waals surface area contributed by atoms with Crippen LogP contribution in [0.3, 0.4) is 0 Å². The molecule has 1 N–H and O–H groups in total. The second-order valence-corrected chi connectivity index (χ2v) is 8.98. The molecular formula is C17H20FN5O3S. The molecule has 1 saturated heterocycles. The Kier molecular flexibility index (Phi) is 4.26. The molecule has 2 aliphatic heterocycles. The molecule has 144 valence electrons. The maximum Gasteiger partial charge on any atom is 0.245 e. The minimum atomic E-state index is -3.91. The SMILES string of the molecule is Cc1nc2n(n1)CC(=O)NC1(CCN(S(=O)(=O)c3ccccc3F)CC1)C2. The third-order valence-electron chi connectivity index (χ3n) is 5.18. The molecule has 0 atom stereocenters. The van der Waals surface area contributed by atoms with Crippen molar-refractivity contribution in [2.24, 2.45) is 0 Å². The van der Waals surface area contributed by atoms with Gasteiger partial charge in [0.25, 0.3) is 0 Å². The summed E-state index contributed by atoms with van der Waals surface area (Å²) in [4.78, 5) is 16.4. The molecule has 2 aromatic rings. The van der Waals surface area contributed by atoms with E-state index >= 15 is 0 Å². The van der Waals surface area contributed by atoms with Crippen molar-refractivity contribution < 1.29 is 17.6 Å². The minimum absolute atomic E-state index is 0.106. The Morgan fingerprint density at radius 2 is 1.93 bits per heavy atom. The molecule has 3 heterocycles. The lowest BCUT2D eigenvalue weighted by Gasteiger charge is -2.40. The number of sulfonamides is 1. The molecule has 1 amide bonds. The fraction of sp³-hybridized carbons (Fsp3) is 0.471. The zero-order valence-electron chi connectivity index (χ0n) is 14.9. The van der Waals surface area contributed by atoms with Gasteiger partial charge in [-0.2, -0.15) is 9.40 Å². The van der Waals surface area contributed by atoms with Crippen molar-refractivity contribution in [1.82, 2.24) is 24.4 Å². The molecule has 4 rings (SSSR count). The van der Waals surface area contributed by atoms with Gasteiger partial charge >= 0.3 is 0 Å². The smallest absolute Gasteiger partial charge is 0.245 e. The van der Waals surface area contributed by atoms with Crippen LogP contribution >= 0.6 is 0 Å². The van der Waals surface area contributed by atoms with Gasteiger partial charge in [0, 0.05) is 25.0 Å². The van der Waals surface area contributed by atoms with E-state index in [4.69, 9.17) is 0 Å². The van der Waals surface area contributed by atoms with Crippen LogP contribution in [0.15, 0.2) is 29.2 Å². The average Bonchev–Trinajstić information content (AvgIpc) is 2.87. The van der Waals surface area contributed by atoms with Gasteiger partial charge in [0.05, 0.1) is 0 Å². The van der Waals surface area contributed by atoms with E-state index in [1.807, 2.05) is 0 Å². The highest BCUT2D eigenvalue weighted by Gasteiger charge is 2.42. The van der Waals surface area contributed by atoms with Gasteiger partial charge in [0.2, 0.25) is 15.9 Å². The number of nitrogens with one attached hydrogen (secondary N) is 1. The van der Waals surface area contributed by atoms with Gasteiger partial charge in [-0.05, 0) is 31.9 Å². The first kappa shape index (κ1) is 18.1. The molecule has 0 bridgehead atoms. The first-order chi connectivity index (χ1) is 12.8. The molecule has 0 aliphatic carbocycles. The van der Waals surface area contributed by atoms with Crippen molar-refractivity contribution in [2.45, 2.75) is 43.2 Å². The van der Waals surface area contributed by atoms with E-state index in [0.717, 1.165) is 11.9 Å². The Balaban J connectivity index is 1.56. The standard InChI is InChI=1S/C17H20FN5O3S/c1-12-19-15-10-17(20-16(24)11-23(15)21-12)6-8-22(9-7-17)27(25,26)14-5-3-2-4-13(14)18/h2-5H,6-11H2,1H3,(H,20,24). The molecule has 1 fully saturated rings. The topological polar surface area (TPSA) is 97.2 Å². The van der Waals surface area contributed by atoms with Crippen molar-refractivity contribution in [1.29, 1.82) is 0 Å². The number of hydrogen-bond acceptors (Lipinski definition) is 5. The number of nitrogens with zero attached hydrogens (tertiary/aromatic N) is 4. The molecule has 1 aromatic heterocycles. The van der Waals surface area contributed by atoms with Crippen molar-refractivity contribution >= 4 is 15.9 Å². The fourth-order valence-corrected chi connectivity index (χ4v) is 5.33. The summed E-state index contributed by atoms with van der Waals surface area (Å²) < 4.78 is 42.4.